The number of hydrogen-bond donors (Lipinski definition) is 1. The van der Waals surface area contributed by atoms with Gasteiger partial charge >= 0.3 is 6.03 Å². The normalized spacial score (nSPS) is 15.2. The summed E-state index contributed by atoms with van der Waals surface area (Å²) in [5.41, 5.74) is 2.80. The van der Waals surface area contributed by atoms with Crippen molar-refractivity contribution in [1.82, 2.24) is 9.80 Å². The van der Waals surface area contributed by atoms with E-state index >= 15 is 0 Å². The van der Waals surface area contributed by atoms with Crippen molar-refractivity contribution in [3.05, 3.63) is 58.6 Å². The van der Waals surface area contributed by atoms with Crippen LogP contribution in [0.1, 0.15) is 30.9 Å². The maximum atomic E-state index is 13.3. The van der Waals surface area contributed by atoms with Gasteiger partial charge in [0.1, 0.15) is 5.75 Å². The van der Waals surface area contributed by atoms with E-state index in [1.165, 1.54) is 0 Å². The minimum Gasteiger partial charge on any atom is -0.497 e. The molecule has 0 spiro atoms. The number of aryl methyl sites for hydroxylation is 1. The molecule has 0 saturated carbocycles. The Kier molecular flexibility index (Phi) is 7.40. The molecule has 2 aromatic rings. The summed E-state index contributed by atoms with van der Waals surface area (Å²) < 4.78 is 5.36. The van der Waals surface area contributed by atoms with E-state index < -0.39 is 0 Å². The van der Waals surface area contributed by atoms with Crippen LogP contribution in [0.5, 0.6) is 5.75 Å². The van der Waals surface area contributed by atoms with Crippen molar-refractivity contribution < 1.29 is 9.53 Å². The molecular formula is C23H30ClN3O2. The van der Waals surface area contributed by atoms with Gasteiger partial charge in [-0.25, -0.2) is 4.79 Å². The maximum absolute atomic E-state index is 13.3. The van der Waals surface area contributed by atoms with Gasteiger partial charge in [0.2, 0.25) is 0 Å². The molecule has 0 bridgehead atoms. The minimum absolute atomic E-state index is 0.0897. The third kappa shape index (κ3) is 5.64. The highest BCUT2D eigenvalue weighted by molar-refractivity contribution is 6.31. The highest BCUT2D eigenvalue weighted by Gasteiger charge is 2.28. The topological polar surface area (TPSA) is 44.8 Å². The fraction of sp³-hybridized carbons (Fsp3) is 0.435. The molecule has 1 saturated heterocycles. The van der Waals surface area contributed by atoms with Crippen LogP contribution in [0.15, 0.2) is 42.5 Å². The van der Waals surface area contributed by atoms with E-state index in [-0.39, 0.29) is 12.1 Å². The molecule has 1 N–H and O–H groups in total. The van der Waals surface area contributed by atoms with E-state index in [4.69, 9.17) is 16.3 Å². The number of anilines is 1. The van der Waals surface area contributed by atoms with Gasteiger partial charge in [0, 0.05) is 36.4 Å². The predicted molar refractivity (Wildman–Crippen MR) is 119 cm³/mol. The lowest BCUT2D eigenvalue weighted by molar-refractivity contribution is 0.126. The van der Waals surface area contributed by atoms with Crippen molar-refractivity contribution in [3.8, 4) is 5.75 Å². The van der Waals surface area contributed by atoms with E-state index in [0.29, 0.717) is 11.6 Å². The number of rotatable bonds is 6. The van der Waals surface area contributed by atoms with E-state index in [1.54, 1.807) is 13.2 Å². The number of ether oxygens (including phenoxy) is 1. The lowest BCUT2D eigenvalue weighted by atomic mass is 10.0. The molecule has 1 aliphatic rings. The van der Waals surface area contributed by atoms with Gasteiger partial charge < -0.3 is 19.9 Å². The molecule has 3 rings (SSSR count). The number of carbonyl (C=O) groups excluding carboxylic acids is 1. The Balaban J connectivity index is 1.81. The van der Waals surface area contributed by atoms with Gasteiger partial charge in [0.15, 0.2) is 0 Å². The third-order valence-electron chi connectivity index (χ3n) is 5.63. The molecule has 5 nitrogen and oxygen atoms in total. The Hall–Kier alpha value is -2.24. The van der Waals surface area contributed by atoms with Crippen molar-refractivity contribution in [2.45, 2.75) is 39.3 Å². The predicted octanol–water partition coefficient (Wildman–Crippen LogP) is 5.18. The SMILES string of the molecule is CCN1CCC(N(Cc2cccc(OC)c2)C(=O)Nc2cc(Cl)ccc2C)CC1. The van der Waals surface area contributed by atoms with Crippen LogP contribution in [0.4, 0.5) is 10.5 Å². The number of piperidine rings is 1. The molecule has 0 aliphatic carbocycles. The van der Waals surface area contributed by atoms with Crippen molar-refractivity contribution in [2.24, 2.45) is 0 Å². The van der Waals surface area contributed by atoms with Crippen LogP contribution in [-0.4, -0.2) is 48.6 Å². The van der Waals surface area contributed by atoms with Gasteiger partial charge in [0.05, 0.1) is 7.11 Å². The Bertz CT molecular complexity index is 835. The summed E-state index contributed by atoms with van der Waals surface area (Å²) in [5, 5.41) is 3.69. The smallest absolute Gasteiger partial charge is 0.322 e. The first-order chi connectivity index (χ1) is 14.0. The van der Waals surface area contributed by atoms with Gasteiger partial charge in [-0.05, 0) is 61.7 Å². The molecule has 6 heteroatoms. The number of hydrogen-bond acceptors (Lipinski definition) is 3. The Morgan fingerprint density at radius 3 is 2.69 bits per heavy atom. The highest BCUT2D eigenvalue weighted by Crippen LogP contribution is 2.24. The Labute approximate surface area is 178 Å². The summed E-state index contributed by atoms with van der Waals surface area (Å²) in [6.07, 6.45) is 1.94. The first-order valence-electron chi connectivity index (χ1n) is 10.2. The highest BCUT2D eigenvalue weighted by atomic mass is 35.5. The number of benzene rings is 2. The zero-order valence-electron chi connectivity index (χ0n) is 17.5. The molecule has 0 unspecified atom stereocenters. The van der Waals surface area contributed by atoms with Crippen LogP contribution in [-0.2, 0) is 6.54 Å². The van der Waals surface area contributed by atoms with Crippen molar-refractivity contribution >= 4 is 23.3 Å². The number of amides is 2. The third-order valence-corrected chi connectivity index (χ3v) is 5.87. The Morgan fingerprint density at radius 1 is 1.24 bits per heavy atom. The molecule has 29 heavy (non-hydrogen) atoms. The summed E-state index contributed by atoms with van der Waals surface area (Å²) in [7, 11) is 1.66. The van der Waals surface area contributed by atoms with Crippen molar-refractivity contribution in [2.75, 3.05) is 32.1 Å². The van der Waals surface area contributed by atoms with E-state index in [2.05, 4.69) is 17.1 Å². The van der Waals surface area contributed by atoms with Crippen LogP contribution in [0.2, 0.25) is 5.02 Å². The first kappa shape index (κ1) is 21.5. The fourth-order valence-electron chi connectivity index (χ4n) is 3.80. The van der Waals surface area contributed by atoms with Gasteiger partial charge in [-0.2, -0.15) is 0 Å². The number of carbonyl (C=O) groups is 1. The number of methoxy groups -OCH3 is 1. The quantitative estimate of drug-likeness (QED) is 0.707. The molecule has 2 aromatic carbocycles. The van der Waals surface area contributed by atoms with Gasteiger partial charge in [-0.1, -0.05) is 36.7 Å². The van der Waals surface area contributed by atoms with Crippen LogP contribution in [0.3, 0.4) is 0 Å². The van der Waals surface area contributed by atoms with Gasteiger partial charge in [0.25, 0.3) is 0 Å². The number of nitrogens with one attached hydrogen (secondary N) is 1. The van der Waals surface area contributed by atoms with Gasteiger partial charge in [-0.15, -0.1) is 0 Å². The van der Waals surface area contributed by atoms with Crippen LogP contribution in [0, 0.1) is 6.92 Å². The summed E-state index contributed by atoms with van der Waals surface area (Å²) in [5.74, 6) is 0.800. The Morgan fingerprint density at radius 2 is 2.00 bits per heavy atom. The second kappa shape index (κ2) is 9.99. The first-order valence-corrected chi connectivity index (χ1v) is 10.6. The zero-order chi connectivity index (χ0) is 20.8. The standard InChI is InChI=1S/C23H30ClN3O2/c1-4-26-12-10-20(11-13-26)27(16-18-6-5-7-21(14-18)29-3)23(28)25-22-15-19(24)9-8-17(22)2/h5-9,14-15,20H,4,10-13,16H2,1-3H3,(H,25,28). The molecular weight excluding hydrogens is 386 g/mol. The average molecular weight is 416 g/mol. The van der Waals surface area contributed by atoms with E-state index in [9.17, 15) is 4.79 Å². The largest absolute Gasteiger partial charge is 0.497 e. The van der Waals surface area contributed by atoms with Crippen molar-refractivity contribution in [1.29, 1.82) is 0 Å². The lowest BCUT2D eigenvalue weighted by Crippen LogP contribution is -2.48. The number of nitrogens with zero attached hydrogens (tertiary/aromatic N) is 2. The molecule has 156 valence electrons. The van der Waals surface area contributed by atoms with Crippen LogP contribution in [0.25, 0.3) is 0 Å². The molecule has 0 atom stereocenters. The average Bonchev–Trinajstić information content (AvgIpc) is 2.75. The van der Waals surface area contributed by atoms with E-state index in [1.807, 2.05) is 48.2 Å². The molecule has 1 heterocycles. The minimum atomic E-state index is -0.0897. The number of halogens is 1. The second-order valence-corrected chi connectivity index (χ2v) is 7.97. The number of likely N-dealkylation sites (tertiary alicyclic amines) is 1. The fourth-order valence-corrected chi connectivity index (χ4v) is 3.97. The van der Waals surface area contributed by atoms with E-state index in [0.717, 1.165) is 55.0 Å². The second-order valence-electron chi connectivity index (χ2n) is 7.53. The molecule has 0 aromatic heterocycles. The summed E-state index contributed by atoms with van der Waals surface area (Å²) in [4.78, 5) is 17.7. The summed E-state index contributed by atoms with van der Waals surface area (Å²) in [6, 6.07) is 13.6. The molecule has 2 amide bonds. The van der Waals surface area contributed by atoms with Crippen molar-refractivity contribution in [3.63, 3.8) is 0 Å². The summed E-state index contributed by atoms with van der Waals surface area (Å²) in [6.45, 7) is 7.77. The van der Waals surface area contributed by atoms with Crippen LogP contribution < -0.4 is 10.1 Å². The maximum Gasteiger partial charge on any atom is 0.322 e. The monoisotopic (exact) mass is 415 g/mol. The number of urea groups is 1. The molecule has 1 aliphatic heterocycles. The van der Waals surface area contributed by atoms with Gasteiger partial charge in [-0.3, -0.25) is 0 Å². The zero-order valence-corrected chi connectivity index (χ0v) is 18.2. The molecule has 1 fully saturated rings. The van der Waals surface area contributed by atoms with Crippen LogP contribution >= 0.6 is 11.6 Å². The molecule has 0 radical (unpaired) electrons. The summed E-state index contributed by atoms with van der Waals surface area (Å²) >= 11 is 6.14. The lowest BCUT2D eigenvalue weighted by Gasteiger charge is -2.38.